The Labute approximate surface area is 211 Å². The molecule has 2 saturated carbocycles. The molecule has 0 saturated heterocycles. The van der Waals surface area contributed by atoms with Gasteiger partial charge in [-0.1, -0.05) is 0 Å². The fourth-order valence-electron chi connectivity index (χ4n) is 4.90. The molecular weight excluding hydrogens is 487 g/mol. The number of carbonyl (C=O) groups is 2. The van der Waals surface area contributed by atoms with E-state index in [-0.39, 0.29) is 35.2 Å². The zero-order valence-electron chi connectivity index (χ0n) is 20.5. The number of aryl methyl sites for hydroxylation is 1. The highest BCUT2D eigenvalue weighted by atomic mass is 19.4. The Morgan fingerprint density at radius 3 is 2.51 bits per heavy atom. The normalized spacial score (nSPS) is 19.7. The fraction of sp³-hybridized carbons (Fsp3) is 0.462. The number of alkyl halides is 3. The van der Waals surface area contributed by atoms with E-state index in [4.69, 9.17) is 4.74 Å². The molecular formula is C26H28F3N5O3. The molecule has 11 heteroatoms. The SMILES string of the molecule is CC(=O)NC1CCC(NC(=O)c2c(C)[nH]c3c(-c4cc(C(F)(F)F)ccc4OCC4CC4)ncnc23)C1. The van der Waals surface area contributed by atoms with E-state index in [9.17, 15) is 22.8 Å². The summed E-state index contributed by atoms with van der Waals surface area (Å²) in [6.07, 6.45) is 0.896. The van der Waals surface area contributed by atoms with Gasteiger partial charge < -0.3 is 20.4 Å². The number of rotatable bonds is 7. The lowest BCUT2D eigenvalue weighted by Crippen LogP contribution is -2.36. The second-order valence-electron chi connectivity index (χ2n) is 9.91. The Kier molecular flexibility index (Phi) is 6.55. The number of aromatic amines is 1. The highest BCUT2D eigenvalue weighted by Crippen LogP contribution is 2.40. The van der Waals surface area contributed by atoms with E-state index in [0.29, 0.717) is 47.0 Å². The van der Waals surface area contributed by atoms with Crippen molar-refractivity contribution in [3.63, 3.8) is 0 Å². The van der Waals surface area contributed by atoms with E-state index in [0.717, 1.165) is 37.8 Å². The van der Waals surface area contributed by atoms with Crippen LogP contribution in [0.3, 0.4) is 0 Å². The van der Waals surface area contributed by atoms with Crippen molar-refractivity contribution in [1.29, 1.82) is 0 Å². The predicted molar refractivity (Wildman–Crippen MR) is 130 cm³/mol. The minimum atomic E-state index is -4.54. The van der Waals surface area contributed by atoms with E-state index in [1.165, 1.54) is 19.3 Å². The average molecular weight is 516 g/mol. The topological polar surface area (TPSA) is 109 Å². The van der Waals surface area contributed by atoms with Crippen molar-refractivity contribution in [3.8, 4) is 17.0 Å². The van der Waals surface area contributed by atoms with E-state index >= 15 is 0 Å². The molecule has 5 rings (SSSR count). The van der Waals surface area contributed by atoms with Crippen LogP contribution in [0.25, 0.3) is 22.3 Å². The minimum Gasteiger partial charge on any atom is -0.493 e. The van der Waals surface area contributed by atoms with Crippen molar-refractivity contribution in [2.75, 3.05) is 6.61 Å². The van der Waals surface area contributed by atoms with Gasteiger partial charge in [0.15, 0.2) is 0 Å². The van der Waals surface area contributed by atoms with Crippen LogP contribution in [0.2, 0.25) is 0 Å². The van der Waals surface area contributed by atoms with Crippen LogP contribution in [0.4, 0.5) is 13.2 Å². The molecule has 0 aliphatic heterocycles. The Morgan fingerprint density at radius 1 is 1.11 bits per heavy atom. The molecule has 0 radical (unpaired) electrons. The summed E-state index contributed by atoms with van der Waals surface area (Å²) in [6, 6.07) is 3.25. The summed E-state index contributed by atoms with van der Waals surface area (Å²) in [5.74, 6) is 0.262. The highest BCUT2D eigenvalue weighted by molar-refractivity contribution is 6.09. The molecule has 1 aromatic carbocycles. The predicted octanol–water partition coefficient (Wildman–Crippen LogP) is 4.53. The van der Waals surface area contributed by atoms with Crippen molar-refractivity contribution < 1.29 is 27.5 Å². The smallest absolute Gasteiger partial charge is 0.416 e. The third-order valence-corrected chi connectivity index (χ3v) is 6.91. The molecule has 2 heterocycles. The Balaban J connectivity index is 1.48. The number of H-pyrrole nitrogens is 1. The van der Waals surface area contributed by atoms with Gasteiger partial charge in [0.1, 0.15) is 23.3 Å². The quantitative estimate of drug-likeness (QED) is 0.429. The molecule has 2 aliphatic rings. The number of aromatic nitrogens is 3. The molecule has 0 spiro atoms. The molecule has 37 heavy (non-hydrogen) atoms. The van der Waals surface area contributed by atoms with Gasteiger partial charge in [-0.3, -0.25) is 9.59 Å². The van der Waals surface area contributed by atoms with Crippen molar-refractivity contribution in [2.24, 2.45) is 5.92 Å². The lowest BCUT2D eigenvalue weighted by Gasteiger charge is -2.15. The molecule has 2 aromatic heterocycles. The maximum absolute atomic E-state index is 13.6. The van der Waals surface area contributed by atoms with E-state index in [1.807, 2.05) is 0 Å². The number of hydrogen-bond acceptors (Lipinski definition) is 5. The standard InChI is InChI=1S/C26H28F3N5O3/c1-13-21(25(36)34-18-7-6-17(10-18)33-14(2)35)23-24(32-13)22(30-12-31-23)19-9-16(26(27,28)29)5-8-20(19)37-11-15-3-4-15/h5,8-9,12,15,17-18,32H,3-4,6-7,10-11H2,1-2H3,(H,33,35)(H,34,36). The first-order valence-corrected chi connectivity index (χ1v) is 12.4. The van der Waals surface area contributed by atoms with Gasteiger partial charge in [-0.25, -0.2) is 9.97 Å². The number of benzene rings is 1. The lowest BCUT2D eigenvalue weighted by atomic mass is 10.0. The van der Waals surface area contributed by atoms with E-state index in [2.05, 4.69) is 25.6 Å². The summed E-state index contributed by atoms with van der Waals surface area (Å²) in [5.41, 5.74) is 1.13. The van der Waals surface area contributed by atoms with Gasteiger partial charge in [-0.2, -0.15) is 13.2 Å². The zero-order valence-corrected chi connectivity index (χ0v) is 20.5. The monoisotopic (exact) mass is 515 g/mol. The third kappa shape index (κ3) is 5.40. The molecule has 2 aliphatic carbocycles. The zero-order chi connectivity index (χ0) is 26.3. The molecule has 196 valence electrons. The van der Waals surface area contributed by atoms with Crippen molar-refractivity contribution in [3.05, 3.63) is 41.3 Å². The van der Waals surface area contributed by atoms with Crippen molar-refractivity contribution in [2.45, 2.75) is 64.2 Å². The summed E-state index contributed by atoms with van der Waals surface area (Å²) in [7, 11) is 0. The van der Waals surface area contributed by atoms with Gasteiger partial charge in [-0.05, 0) is 63.1 Å². The summed E-state index contributed by atoms with van der Waals surface area (Å²) in [5, 5.41) is 5.89. The first kappa shape index (κ1) is 25.0. The second-order valence-corrected chi connectivity index (χ2v) is 9.91. The Hall–Kier alpha value is -3.63. The summed E-state index contributed by atoms with van der Waals surface area (Å²) in [4.78, 5) is 36.3. The van der Waals surface area contributed by atoms with Gasteiger partial charge in [0.25, 0.3) is 5.91 Å². The second kappa shape index (κ2) is 9.68. The summed E-state index contributed by atoms with van der Waals surface area (Å²) < 4.78 is 46.6. The van der Waals surface area contributed by atoms with Crippen LogP contribution < -0.4 is 15.4 Å². The maximum Gasteiger partial charge on any atom is 0.416 e. The average Bonchev–Trinajstić information content (AvgIpc) is 3.46. The minimum absolute atomic E-state index is 0.00997. The number of hydrogen-bond donors (Lipinski definition) is 3. The first-order chi connectivity index (χ1) is 17.6. The third-order valence-electron chi connectivity index (χ3n) is 6.91. The molecule has 3 N–H and O–H groups in total. The van der Waals surface area contributed by atoms with E-state index in [1.54, 1.807) is 6.92 Å². The van der Waals surface area contributed by atoms with Gasteiger partial charge in [0.05, 0.1) is 23.3 Å². The number of amides is 2. The largest absolute Gasteiger partial charge is 0.493 e. The molecule has 3 aromatic rings. The maximum atomic E-state index is 13.6. The van der Waals surface area contributed by atoms with Crippen LogP contribution in [0.5, 0.6) is 5.75 Å². The van der Waals surface area contributed by atoms with Crippen molar-refractivity contribution in [1.82, 2.24) is 25.6 Å². The van der Waals surface area contributed by atoms with Crippen LogP contribution in [0.1, 0.15) is 60.6 Å². The van der Waals surface area contributed by atoms with Crippen LogP contribution >= 0.6 is 0 Å². The number of nitrogens with one attached hydrogen (secondary N) is 3. The summed E-state index contributed by atoms with van der Waals surface area (Å²) >= 11 is 0. The van der Waals surface area contributed by atoms with Gasteiger partial charge in [-0.15, -0.1) is 0 Å². The van der Waals surface area contributed by atoms with Gasteiger partial charge in [0, 0.05) is 30.3 Å². The van der Waals surface area contributed by atoms with Crippen molar-refractivity contribution >= 4 is 22.8 Å². The lowest BCUT2D eigenvalue weighted by molar-refractivity contribution is -0.137. The van der Waals surface area contributed by atoms with Crippen LogP contribution in [-0.2, 0) is 11.0 Å². The Bertz CT molecular complexity index is 1350. The molecule has 8 nitrogen and oxygen atoms in total. The fourth-order valence-corrected chi connectivity index (χ4v) is 4.90. The van der Waals surface area contributed by atoms with Gasteiger partial charge in [0.2, 0.25) is 5.91 Å². The van der Waals surface area contributed by atoms with Gasteiger partial charge >= 0.3 is 6.18 Å². The number of fused-ring (bicyclic) bond motifs is 1. The number of ether oxygens (including phenoxy) is 1. The first-order valence-electron chi connectivity index (χ1n) is 12.4. The van der Waals surface area contributed by atoms with Crippen LogP contribution in [0, 0.1) is 12.8 Å². The highest BCUT2D eigenvalue weighted by Gasteiger charge is 2.33. The molecule has 2 unspecified atom stereocenters. The number of carbonyl (C=O) groups excluding carboxylic acids is 2. The number of nitrogens with zero attached hydrogens (tertiary/aromatic N) is 2. The summed E-state index contributed by atoms with van der Waals surface area (Å²) in [6.45, 7) is 3.60. The Morgan fingerprint density at radius 2 is 1.84 bits per heavy atom. The molecule has 2 fully saturated rings. The van der Waals surface area contributed by atoms with Crippen LogP contribution in [-0.4, -0.2) is 45.5 Å². The molecule has 2 amide bonds. The molecule has 0 bridgehead atoms. The number of halogens is 3. The molecule has 2 atom stereocenters. The van der Waals surface area contributed by atoms with E-state index < -0.39 is 11.7 Å². The van der Waals surface area contributed by atoms with Crippen LogP contribution in [0.15, 0.2) is 24.5 Å².